The van der Waals surface area contributed by atoms with E-state index in [0.29, 0.717) is 11.1 Å². The van der Waals surface area contributed by atoms with Crippen LogP contribution >= 0.6 is 23.2 Å². The Balaban J connectivity index is 2.53. The second-order valence-electron chi connectivity index (χ2n) is 7.35. The smallest absolute Gasteiger partial charge is 0.255 e. The van der Waals surface area contributed by atoms with Crippen molar-refractivity contribution in [2.24, 2.45) is 0 Å². The van der Waals surface area contributed by atoms with Gasteiger partial charge in [0, 0.05) is 5.56 Å². The summed E-state index contributed by atoms with van der Waals surface area (Å²) in [7, 11) is 0. The molecule has 0 aliphatic rings. The number of rotatable bonds is 3. The van der Waals surface area contributed by atoms with Crippen LogP contribution in [-0.2, 0) is 5.41 Å². The summed E-state index contributed by atoms with van der Waals surface area (Å²) in [5.74, 6) is -0.975. The first kappa shape index (κ1) is 21.3. The molecule has 0 fully saturated rings. The van der Waals surface area contributed by atoms with E-state index in [1.807, 2.05) is 27.7 Å². The third-order valence-electron chi connectivity index (χ3n) is 4.33. The van der Waals surface area contributed by atoms with Gasteiger partial charge >= 0.3 is 0 Å². The SMILES string of the molecule is Cc1cc(C(C)(C)C)c([O-])c(C(=O)Nc2c(Cl)cc(N(O)O)cc2Cl)c1C. The van der Waals surface area contributed by atoms with Gasteiger partial charge in [0.1, 0.15) is 0 Å². The zero-order chi connectivity index (χ0) is 20.7. The summed E-state index contributed by atoms with van der Waals surface area (Å²) in [6.45, 7) is 9.26. The molecule has 0 aliphatic heterocycles. The summed E-state index contributed by atoms with van der Waals surface area (Å²) in [6.07, 6.45) is 0. The van der Waals surface area contributed by atoms with Crippen molar-refractivity contribution in [2.45, 2.75) is 40.0 Å². The van der Waals surface area contributed by atoms with E-state index in [9.17, 15) is 9.90 Å². The molecule has 0 radical (unpaired) electrons. The van der Waals surface area contributed by atoms with Crippen molar-refractivity contribution in [2.75, 3.05) is 10.5 Å². The van der Waals surface area contributed by atoms with E-state index in [1.54, 1.807) is 13.0 Å². The predicted octanol–water partition coefficient (Wildman–Crippen LogP) is 4.82. The van der Waals surface area contributed by atoms with Gasteiger partial charge < -0.3 is 10.4 Å². The monoisotopic (exact) mass is 411 g/mol. The van der Waals surface area contributed by atoms with E-state index in [-0.39, 0.29) is 38.0 Å². The van der Waals surface area contributed by atoms with Crippen molar-refractivity contribution in [3.05, 3.63) is 50.5 Å². The van der Waals surface area contributed by atoms with Gasteiger partial charge in [0.15, 0.2) is 0 Å². The Hall–Kier alpha value is -1.99. The lowest BCUT2D eigenvalue weighted by Crippen LogP contribution is -2.22. The highest BCUT2D eigenvalue weighted by Crippen LogP contribution is 2.38. The summed E-state index contributed by atoms with van der Waals surface area (Å²) in [5.41, 5.74) is 1.55. The molecule has 0 atom stereocenters. The highest BCUT2D eigenvalue weighted by Gasteiger charge is 2.22. The number of carbonyl (C=O) groups excluding carboxylic acids is 1. The van der Waals surface area contributed by atoms with E-state index in [0.717, 1.165) is 5.56 Å². The number of hydrogen-bond donors (Lipinski definition) is 3. The van der Waals surface area contributed by atoms with E-state index in [1.165, 1.54) is 12.1 Å². The molecular formula is C19H21Cl2N2O4-. The van der Waals surface area contributed by atoms with Crippen LogP contribution in [0.15, 0.2) is 18.2 Å². The molecule has 0 heterocycles. The predicted molar refractivity (Wildman–Crippen MR) is 105 cm³/mol. The van der Waals surface area contributed by atoms with Crippen LogP contribution in [0.2, 0.25) is 10.0 Å². The minimum absolute atomic E-state index is 0.00671. The Bertz CT molecular complexity index is 883. The number of amides is 1. The molecule has 3 N–H and O–H groups in total. The summed E-state index contributed by atoms with van der Waals surface area (Å²) in [4.78, 5) is 12.9. The van der Waals surface area contributed by atoms with Crippen LogP contribution in [0.3, 0.4) is 0 Å². The third kappa shape index (κ3) is 4.30. The highest BCUT2D eigenvalue weighted by molar-refractivity contribution is 6.40. The Morgan fingerprint density at radius 2 is 1.63 bits per heavy atom. The number of aryl methyl sites for hydroxylation is 1. The maximum atomic E-state index is 12.9. The van der Waals surface area contributed by atoms with Gasteiger partial charge in [-0.15, -0.1) is 5.23 Å². The molecular weight excluding hydrogens is 391 g/mol. The molecule has 27 heavy (non-hydrogen) atoms. The number of halogens is 2. The van der Waals surface area contributed by atoms with Gasteiger partial charge in [-0.05, 0) is 48.1 Å². The van der Waals surface area contributed by atoms with E-state index in [2.05, 4.69) is 5.32 Å². The second-order valence-corrected chi connectivity index (χ2v) is 8.16. The van der Waals surface area contributed by atoms with Crippen LogP contribution in [-0.4, -0.2) is 16.3 Å². The van der Waals surface area contributed by atoms with Crippen LogP contribution < -0.4 is 15.6 Å². The van der Waals surface area contributed by atoms with Crippen molar-refractivity contribution >= 4 is 40.5 Å². The zero-order valence-electron chi connectivity index (χ0n) is 15.6. The first-order valence-corrected chi connectivity index (χ1v) is 8.90. The number of nitrogens with zero attached hydrogens (tertiary/aromatic N) is 1. The van der Waals surface area contributed by atoms with Gasteiger partial charge in [-0.1, -0.05) is 55.8 Å². The molecule has 2 aromatic rings. The molecule has 0 bridgehead atoms. The highest BCUT2D eigenvalue weighted by atomic mass is 35.5. The normalized spacial score (nSPS) is 11.4. The number of benzene rings is 2. The maximum absolute atomic E-state index is 12.9. The van der Waals surface area contributed by atoms with Gasteiger partial charge in [0.2, 0.25) is 0 Å². The number of carbonyl (C=O) groups is 1. The largest absolute Gasteiger partial charge is 0.872 e. The average molecular weight is 412 g/mol. The first-order chi connectivity index (χ1) is 12.3. The van der Waals surface area contributed by atoms with Crippen molar-refractivity contribution in [3.63, 3.8) is 0 Å². The topological polar surface area (TPSA) is 95.9 Å². The van der Waals surface area contributed by atoms with Crippen LogP contribution in [0.5, 0.6) is 5.75 Å². The molecule has 0 unspecified atom stereocenters. The standard InChI is InChI=1S/C19H22Cl2N2O4/c1-9-6-12(19(3,4)5)17(24)15(10(9)2)18(25)22-16-13(20)7-11(23(26)27)8-14(16)21/h6-8,24,26-27H,1-5H3,(H,22,25)/p-1. The molecule has 8 heteroatoms. The number of hydrogen-bond acceptors (Lipinski definition) is 5. The van der Waals surface area contributed by atoms with Gasteiger partial charge in [-0.3, -0.25) is 15.2 Å². The van der Waals surface area contributed by atoms with Crippen molar-refractivity contribution in [1.29, 1.82) is 0 Å². The lowest BCUT2D eigenvalue weighted by Gasteiger charge is -2.30. The summed E-state index contributed by atoms with van der Waals surface area (Å²) in [6, 6.07) is 4.23. The maximum Gasteiger partial charge on any atom is 0.255 e. The van der Waals surface area contributed by atoms with Crippen LogP contribution in [0, 0.1) is 13.8 Å². The fourth-order valence-corrected chi connectivity index (χ4v) is 3.26. The van der Waals surface area contributed by atoms with Crippen molar-refractivity contribution in [3.8, 4) is 5.75 Å². The fourth-order valence-electron chi connectivity index (χ4n) is 2.69. The van der Waals surface area contributed by atoms with Gasteiger partial charge in [0.25, 0.3) is 5.91 Å². The minimum atomic E-state index is -0.631. The Morgan fingerprint density at radius 3 is 2.07 bits per heavy atom. The summed E-state index contributed by atoms with van der Waals surface area (Å²) < 4.78 is 0. The van der Waals surface area contributed by atoms with Crippen LogP contribution in [0.25, 0.3) is 0 Å². The molecule has 0 saturated heterocycles. The molecule has 1 amide bonds. The Morgan fingerprint density at radius 1 is 1.11 bits per heavy atom. The van der Waals surface area contributed by atoms with Gasteiger partial charge in [-0.25, -0.2) is 0 Å². The molecule has 6 nitrogen and oxygen atoms in total. The average Bonchev–Trinajstić information content (AvgIpc) is 2.53. The minimum Gasteiger partial charge on any atom is -0.872 e. The molecule has 2 aromatic carbocycles. The van der Waals surface area contributed by atoms with Crippen LogP contribution in [0.1, 0.15) is 47.8 Å². The third-order valence-corrected chi connectivity index (χ3v) is 4.93. The number of anilines is 2. The molecule has 146 valence electrons. The van der Waals surface area contributed by atoms with Crippen molar-refractivity contribution in [1.82, 2.24) is 0 Å². The summed E-state index contributed by atoms with van der Waals surface area (Å²) >= 11 is 12.2. The summed E-state index contributed by atoms with van der Waals surface area (Å²) in [5, 5.41) is 33.5. The second kappa shape index (κ2) is 7.56. The first-order valence-electron chi connectivity index (χ1n) is 8.14. The van der Waals surface area contributed by atoms with Gasteiger partial charge in [0.05, 0.1) is 21.4 Å². The number of nitrogens with one attached hydrogen (secondary N) is 1. The fraction of sp³-hybridized carbons (Fsp3) is 0.316. The zero-order valence-corrected chi connectivity index (χ0v) is 17.2. The van der Waals surface area contributed by atoms with Gasteiger partial charge in [-0.2, -0.15) is 0 Å². The Kier molecular flexibility index (Phi) is 5.97. The molecule has 2 rings (SSSR count). The quantitative estimate of drug-likeness (QED) is 0.629. The van der Waals surface area contributed by atoms with E-state index < -0.39 is 11.3 Å². The Labute approximate surface area is 167 Å². The van der Waals surface area contributed by atoms with E-state index in [4.69, 9.17) is 33.6 Å². The van der Waals surface area contributed by atoms with E-state index >= 15 is 0 Å². The molecule has 0 saturated carbocycles. The lowest BCUT2D eigenvalue weighted by atomic mass is 9.82. The molecule has 0 spiro atoms. The van der Waals surface area contributed by atoms with Crippen molar-refractivity contribution < 1.29 is 20.3 Å². The van der Waals surface area contributed by atoms with Crippen LogP contribution in [0.4, 0.5) is 11.4 Å². The molecule has 0 aliphatic carbocycles. The molecule has 0 aromatic heterocycles. The lowest BCUT2D eigenvalue weighted by molar-refractivity contribution is -0.270.